The molecule has 2 rings (SSSR count). The number of halogens is 1. The van der Waals surface area contributed by atoms with E-state index in [4.69, 9.17) is 20.8 Å². The van der Waals surface area contributed by atoms with Crippen molar-refractivity contribution in [1.29, 1.82) is 0 Å². The summed E-state index contributed by atoms with van der Waals surface area (Å²) < 4.78 is 10.4. The highest BCUT2D eigenvalue weighted by atomic mass is 35.5. The van der Waals surface area contributed by atoms with E-state index in [9.17, 15) is 9.90 Å². The van der Waals surface area contributed by atoms with Gasteiger partial charge < -0.3 is 14.3 Å². The summed E-state index contributed by atoms with van der Waals surface area (Å²) in [6.45, 7) is 0.148. The molecule has 1 unspecified atom stereocenters. The van der Waals surface area contributed by atoms with Crippen molar-refractivity contribution >= 4 is 23.5 Å². The van der Waals surface area contributed by atoms with Crippen LogP contribution >= 0.6 is 11.6 Å². The van der Waals surface area contributed by atoms with Crippen LogP contribution in [-0.4, -0.2) is 29.5 Å². The van der Waals surface area contributed by atoms with Crippen LogP contribution in [0.2, 0.25) is 0 Å². The highest BCUT2D eigenvalue weighted by Gasteiger charge is 2.04. The lowest BCUT2D eigenvalue weighted by Crippen LogP contribution is -2.18. The van der Waals surface area contributed by atoms with Gasteiger partial charge in [-0.3, -0.25) is 4.79 Å². The molecule has 21 heavy (non-hydrogen) atoms. The Labute approximate surface area is 127 Å². The third-order valence-corrected chi connectivity index (χ3v) is 3.05. The lowest BCUT2D eigenvalue weighted by Gasteiger charge is -2.09. The van der Waals surface area contributed by atoms with Gasteiger partial charge in [0.25, 0.3) is 0 Å². The number of hydrogen-bond donors (Lipinski definition) is 1. The predicted molar refractivity (Wildman–Crippen MR) is 80.7 cm³/mol. The minimum Gasteiger partial charge on any atom is -0.491 e. The van der Waals surface area contributed by atoms with Gasteiger partial charge in [-0.15, -0.1) is 11.6 Å². The SMILES string of the molecule is O=C(/C=C/c1ccc(OCC(O)CCl)cc1)c1ccco1. The topological polar surface area (TPSA) is 59.7 Å². The number of aliphatic hydroxyl groups is 1. The summed E-state index contributed by atoms with van der Waals surface area (Å²) in [4.78, 5) is 11.7. The van der Waals surface area contributed by atoms with Crippen LogP contribution in [0.25, 0.3) is 6.08 Å². The molecule has 110 valence electrons. The van der Waals surface area contributed by atoms with Crippen LogP contribution in [0.15, 0.2) is 53.2 Å². The van der Waals surface area contributed by atoms with Crippen molar-refractivity contribution in [2.24, 2.45) is 0 Å². The minimum atomic E-state index is -0.683. The third kappa shape index (κ3) is 4.77. The number of aliphatic hydroxyl groups excluding tert-OH is 1. The maximum absolute atomic E-state index is 11.7. The molecule has 0 bridgehead atoms. The van der Waals surface area contributed by atoms with Gasteiger partial charge in [-0.25, -0.2) is 0 Å². The van der Waals surface area contributed by atoms with E-state index in [0.717, 1.165) is 5.56 Å². The molecule has 0 saturated heterocycles. The second-order valence-corrected chi connectivity index (χ2v) is 4.67. The van der Waals surface area contributed by atoms with Gasteiger partial charge in [-0.1, -0.05) is 18.2 Å². The maximum Gasteiger partial charge on any atom is 0.221 e. The van der Waals surface area contributed by atoms with Gasteiger partial charge in [0, 0.05) is 0 Å². The van der Waals surface area contributed by atoms with Gasteiger partial charge in [0.15, 0.2) is 5.76 Å². The zero-order chi connectivity index (χ0) is 15.1. The number of carbonyl (C=O) groups is 1. The molecule has 1 atom stereocenters. The Kier molecular flexibility index (Phi) is 5.60. The Morgan fingerprint density at radius 2 is 2.10 bits per heavy atom. The molecule has 0 radical (unpaired) electrons. The fraction of sp³-hybridized carbons (Fsp3) is 0.188. The molecule has 4 nitrogen and oxygen atoms in total. The molecule has 5 heteroatoms. The summed E-state index contributed by atoms with van der Waals surface area (Å²) in [6, 6.07) is 10.4. The smallest absolute Gasteiger partial charge is 0.221 e. The van der Waals surface area contributed by atoms with E-state index in [1.54, 1.807) is 30.3 Å². The van der Waals surface area contributed by atoms with Crippen molar-refractivity contribution in [2.45, 2.75) is 6.10 Å². The van der Waals surface area contributed by atoms with E-state index in [0.29, 0.717) is 11.5 Å². The number of alkyl halides is 1. The summed E-state index contributed by atoms with van der Waals surface area (Å²) in [5.74, 6) is 0.885. The minimum absolute atomic E-state index is 0.135. The zero-order valence-corrected chi connectivity index (χ0v) is 12.0. The highest BCUT2D eigenvalue weighted by Crippen LogP contribution is 2.14. The van der Waals surface area contributed by atoms with Gasteiger partial charge >= 0.3 is 0 Å². The van der Waals surface area contributed by atoms with Gasteiger partial charge in [-0.05, 0) is 35.9 Å². The van der Waals surface area contributed by atoms with Crippen LogP contribution in [0.3, 0.4) is 0 Å². The zero-order valence-electron chi connectivity index (χ0n) is 11.2. The Morgan fingerprint density at radius 3 is 2.71 bits per heavy atom. The quantitative estimate of drug-likeness (QED) is 0.485. The number of allylic oxidation sites excluding steroid dienone is 1. The van der Waals surface area contributed by atoms with E-state index in [1.807, 2.05) is 12.1 Å². The monoisotopic (exact) mass is 306 g/mol. The second kappa shape index (κ2) is 7.67. The lowest BCUT2D eigenvalue weighted by molar-refractivity contribution is 0.102. The average molecular weight is 307 g/mol. The largest absolute Gasteiger partial charge is 0.491 e. The number of benzene rings is 1. The highest BCUT2D eigenvalue weighted by molar-refractivity contribution is 6.18. The molecule has 0 aliphatic heterocycles. The molecule has 1 aromatic carbocycles. The maximum atomic E-state index is 11.7. The number of ketones is 1. The summed E-state index contributed by atoms with van der Waals surface area (Å²) in [6.07, 6.45) is 3.92. The molecule has 0 aliphatic carbocycles. The van der Waals surface area contributed by atoms with Crippen LogP contribution in [0, 0.1) is 0 Å². The van der Waals surface area contributed by atoms with Crippen LogP contribution in [-0.2, 0) is 0 Å². The summed E-state index contributed by atoms with van der Waals surface area (Å²) in [7, 11) is 0. The first-order chi connectivity index (χ1) is 10.2. The van der Waals surface area contributed by atoms with Gasteiger partial charge in [0.05, 0.1) is 12.1 Å². The second-order valence-electron chi connectivity index (χ2n) is 4.36. The Morgan fingerprint density at radius 1 is 1.33 bits per heavy atom. The molecule has 0 amide bonds. The van der Waals surface area contributed by atoms with Crippen molar-refractivity contribution < 1.29 is 19.1 Å². The first kappa shape index (κ1) is 15.4. The van der Waals surface area contributed by atoms with E-state index in [2.05, 4.69) is 0 Å². The molecule has 0 spiro atoms. The molecular formula is C16H15ClO4. The number of rotatable bonds is 7. The van der Waals surface area contributed by atoms with E-state index >= 15 is 0 Å². The van der Waals surface area contributed by atoms with Crippen molar-refractivity contribution in [1.82, 2.24) is 0 Å². The van der Waals surface area contributed by atoms with Crippen molar-refractivity contribution in [3.05, 3.63) is 60.1 Å². The number of carbonyl (C=O) groups excluding carboxylic acids is 1. The van der Waals surface area contributed by atoms with Gasteiger partial charge in [0.2, 0.25) is 5.78 Å². The number of ether oxygens (including phenoxy) is 1. The van der Waals surface area contributed by atoms with Crippen LogP contribution < -0.4 is 4.74 Å². The fourth-order valence-electron chi connectivity index (χ4n) is 1.58. The summed E-state index contributed by atoms with van der Waals surface area (Å²) in [5, 5.41) is 9.30. The van der Waals surface area contributed by atoms with E-state index in [1.165, 1.54) is 12.3 Å². The normalized spacial score (nSPS) is 12.5. The standard InChI is InChI=1S/C16H15ClO4/c17-10-13(18)11-21-14-6-3-12(4-7-14)5-8-15(19)16-2-1-9-20-16/h1-9,13,18H,10-11H2/b8-5+. The third-order valence-electron chi connectivity index (χ3n) is 2.69. The first-order valence-electron chi connectivity index (χ1n) is 6.42. The molecule has 1 heterocycles. The average Bonchev–Trinajstić information content (AvgIpc) is 3.05. The molecule has 1 aromatic heterocycles. The van der Waals surface area contributed by atoms with E-state index < -0.39 is 6.10 Å². The molecule has 0 saturated carbocycles. The Balaban J connectivity index is 1.91. The van der Waals surface area contributed by atoms with Crippen molar-refractivity contribution in [3.63, 3.8) is 0 Å². The lowest BCUT2D eigenvalue weighted by atomic mass is 10.2. The Bertz CT molecular complexity index is 587. The first-order valence-corrected chi connectivity index (χ1v) is 6.95. The van der Waals surface area contributed by atoms with Crippen LogP contribution in [0.1, 0.15) is 16.1 Å². The predicted octanol–water partition coefficient (Wildman–Crippen LogP) is 3.15. The van der Waals surface area contributed by atoms with Crippen molar-refractivity contribution in [2.75, 3.05) is 12.5 Å². The van der Waals surface area contributed by atoms with Crippen LogP contribution in [0.5, 0.6) is 5.75 Å². The molecule has 2 aromatic rings. The fourth-order valence-corrected chi connectivity index (χ4v) is 1.67. The summed E-state index contributed by atoms with van der Waals surface area (Å²) >= 11 is 5.48. The van der Waals surface area contributed by atoms with Gasteiger partial charge in [-0.2, -0.15) is 0 Å². The van der Waals surface area contributed by atoms with Crippen molar-refractivity contribution in [3.8, 4) is 5.75 Å². The Hall–Kier alpha value is -2.04. The van der Waals surface area contributed by atoms with Crippen LogP contribution in [0.4, 0.5) is 0 Å². The molecule has 0 fully saturated rings. The number of furan rings is 1. The summed E-state index contributed by atoms with van der Waals surface area (Å²) in [5.41, 5.74) is 0.861. The van der Waals surface area contributed by atoms with Gasteiger partial charge in [0.1, 0.15) is 18.5 Å². The molecule has 0 aliphatic rings. The molecular weight excluding hydrogens is 292 g/mol. The number of hydrogen-bond acceptors (Lipinski definition) is 4. The van der Waals surface area contributed by atoms with E-state index in [-0.39, 0.29) is 18.3 Å². The molecule has 1 N–H and O–H groups in total.